The van der Waals surface area contributed by atoms with Gasteiger partial charge in [-0.3, -0.25) is 9.59 Å². The minimum absolute atomic E-state index is 0.0309. The molecule has 0 radical (unpaired) electrons. The van der Waals surface area contributed by atoms with E-state index in [1.54, 1.807) is 31.4 Å². The molecule has 1 aromatic heterocycles. The molecule has 0 aliphatic heterocycles. The first-order valence-corrected chi connectivity index (χ1v) is 9.99. The van der Waals surface area contributed by atoms with Crippen molar-refractivity contribution in [1.82, 2.24) is 15.5 Å². The summed E-state index contributed by atoms with van der Waals surface area (Å²) >= 11 is 0. The van der Waals surface area contributed by atoms with Gasteiger partial charge < -0.3 is 10.1 Å². The lowest BCUT2D eigenvalue weighted by molar-refractivity contribution is -0.0196. The van der Waals surface area contributed by atoms with E-state index in [2.05, 4.69) is 15.5 Å². The van der Waals surface area contributed by atoms with Crippen LogP contribution >= 0.6 is 0 Å². The first-order valence-electron chi connectivity index (χ1n) is 9.99. The molecule has 5 rings (SSSR count). The lowest BCUT2D eigenvalue weighted by atomic mass is 9.49. The smallest absolute Gasteiger partial charge is 0.272 e. The van der Waals surface area contributed by atoms with Crippen LogP contribution in [0.25, 0.3) is 10.8 Å². The number of ether oxygens (including phenoxy) is 1. The Balaban J connectivity index is 1.20. The number of nitrogens with zero attached hydrogens (tertiary/aromatic N) is 1. The molecule has 2 aliphatic carbocycles. The van der Waals surface area contributed by atoms with Gasteiger partial charge in [-0.25, -0.2) is 5.10 Å². The van der Waals surface area contributed by atoms with E-state index in [-0.39, 0.29) is 17.5 Å². The number of hydrogen-bond donors (Lipinski definition) is 2. The van der Waals surface area contributed by atoms with Crippen LogP contribution in [0.3, 0.4) is 0 Å². The molecule has 29 heavy (non-hydrogen) atoms. The van der Waals surface area contributed by atoms with Crippen LogP contribution in [0.5, 0.6) is 5.75 Å². The van der Waals surface area contributed by atoms with Crippen molar-refractivity contribution in [3.05, 3.63) is 70.1 Å². The first-order chi connectivity index (χ1) is 14.1. The van der Waals surface area contributed by atoms with Gasteiger partial charge in [-0.05, 0) is 61.4 Å². The van der Waals surface area contributed by atoms with E-state index in [0.29, 0.717) is 22.3 Å². The second kappa shape index (κ2) is 6.72. The van der Waals surface area contributed by atoms with Gasteiger partial charge in [0.25, 0.3) is 11.5 Å². The summed E-state index contributed by atoms with van der Waals surface area (Å²) in [5.41, 5.74) is 1.82. The Morgan fingerprint density at radius 2 is 1.76 bits per heavy atom. The maximum atomic E-state index is 12.4. The van der Waals surface area contributed by atoms with Gasteiger partial charge in [0.2, 0.25) is 0 Å². The van der Waals surface area contributed by atoms with Crippen molar-refractivity contribution >= 4 is 16.7 Å². The van der Waals surface area contributed by atoms with Gasteiger partial charge in [0, 0.05) is 22.9 Å². The third kappa shape index (κ3) is 3.09. The number of rotatable bonds is 4. The molecule has 2 fully saturated rings. The van der Waals surface area contributed by atoms with E-state index >= 15 is 0 Å². The van der Waals surface area contributed by atoms with Crippen molar-refractivity contribution in [2.75, 3.05) is 7.11 Å². The molecule has 0 bridgehead atoms. The van der Waals surface area contributed by atoms with Crippen LogP contribution in [0.4, 0.5) is 0 Å². The molecule has 148 valence electrons. The topological polar surface area (TPSA) is 84.1 Å². The van der Waals surface area contributed by atoms with Crippen LogP contribution in [0, 0.1) is 5.41 Å². The van der Waals surface area contributed by atoms with Crippen molar-refractivity contribution < 1.29 is 9.53 Å². The molecular formula is C23H23N3O3. The van der Waals surface area contributed by atoms with Gasteiger partial charge in [0.15, 0.2) is 0 Å². The largest absolute Gasteiger partial charge is 0.497 e. The number of aromatic amines is 1. The van der Waals surface area contributed by atoms with Crippen LogP contribution in [0.1, 0.15) is 47.7 Å². The molecule has 2 aliphatic rings. The molecule has 1 heterocycles. The van der Waals surface area contributed by atoms with Crippen molar-refractivity contribution in [2.24, 2.45) is 5.41 Å². The normalized spacial score (nSPS) is 25.3. The van der Waals surface area contributed by atoms with Crippen LogP contribution in [-0.4, -0.2) is 29.3 Å². The SMILES string of the molecule is COc1ccc(C(=O)N[C@H]2CC3(C2)C[C@H](c2n[nH]c(=O)c4ccccc42)C3)cc1. The summed E-state index contributed by atoms with van der Waals surface area (Å²) in [5.74, 6) is 1.08. The van der Waals surface area contributed by atoms with Crippen molar-refractivity contribution in [2.45, 2.75) is 37.6 Å². The van der Waals surface area contributed by atoms with E-state index in [1.807, 2.05) is 24.3 Å². The van der Waals surface area contributed by atoms with Crippen LogP contribution < -0.4 is 15.6 Å². The summed E-state index contributed by atoms with van der Waals surface area (Å²) in [6.45, 7) is 0. The Kier molecular flexibility index (Phi) is 4.15. The molecular weight excluding hydrogens is 366 g/mol. The number of hydrogen-bond acceptors (Lipinski definition) is 4. The zero-order valence-electron chi connectivity index (χ0n) is 16.3. The summed E-state index contributed by atoms with van der Waals surface area (Å²) in [5, 5.41) is 11.8. The Morgan fingerprint density at radius 3 is 2.45 bits per heavy atom. The summed E-state index contributed by atoms with van der Waals surface area (Å²) in [7, 11) is 1.61. The van der Waals surface area contributed by atoms with E-state index in [1.165, 1.54) is 0 Å². The van der Waals surface area contributed by atoms with Crippen molar-refractivity contribution in [3.8, 4) is 5.75 Å². The molecule has 6 heteroatoms. The molecule has 0 unspecified atom stereocenters. The quantitative estimate of drug-likeness (QED) is 0.716. The van der Waals surface area contributed by atoms with Crippen LogP contribution in [0.2, 0.25) is 0 Å². The van der Waals surface area contributed by atoms with Gasteiger partial charge in [0.1, 0.15) is 5.75 Å². The molecule has 2 saturated carbocycles. The number of carbonyl (C=O) groups excluding carboxylic acids is 1. The van der Waals surface area contributed by atoms with Crippen LogP contribution in [0.15, 0.2) is 53.3 Å². The molecule has 0 saturated heterocycles. The minimum Gasteiger partial charge on any atom is -0.497 e. The van der Waals surface area contributed by atoms with Gasteiger partial charge >= 0.3 is 0 Å². The standard InChI is InChI=1S/C23H23N3O3/c1-29-17-8-6-14(7-9-17)21(27)24-16-12-23(13-16)10-15(11-23)20-18-4-2-3-5-19(18)22(28)26-25-20/h2-9,15-16H,10-13H2,1H3,(H,24,27)(H,26,28)/t15-,16-,23?. The Labute approximate surface area is 168 Å². The zero-order valence-corrected chi connectivity index (χ0v) is 16.3. The highest BCUT2D eigenvalue weighted by molar-refractivity contribution is 5.94. The molecule has 1 amide bonds. The van der Waals surface area contributed by atoms with Crippen molar-refractivity contribution in [1.29, 1.82) is 0 Å². The van der Waals surface area contributed by atoms with Gasteiger partial charge in [-0.2, -0.15) is 5.10 Å². The summed E-state index contributed by atoms with van der Waals surface area (Å²) in [6, 6.07) is 15.1. The number of nitrogens with one attached hydrogen (secondary N) is 2. The van der Waals surface area contributed by atoms with E-state index < -0.39 is 0 Å². The predicted molar refractivity (Wildman–Crippen MR) is 110 cm³/mol. The fourth-order valence-corrected chi connectivity index (χ4v) is 5.06. The van der Waals surface area contributed by atoms with Crippen molar-refractivity contribution in [3.63, 3.8) is 0 Å². The Morgan fingerprint density at radius 1 is 1.07 bits per heavy atom. The highest BCUT2D eigenvalue weighted by Gasteiger charge is 2.54. The molecule has 6 nitrogen and oxygen atoms in total. The second-order valence-electron chi connectivity index (χ2n) is 8.40. The van der Waals surface area contributed by atoms with Crippen LogP contribution in [-0.2, 0) is 0 Å². The Hall–Kier alpha value is -3.15. The van der Waals surface area contributed by atoms with Gasteiger partial charge in [-0.1, -0.05) is 18.2 Å². The summed E-state index contributed by atoms with van der Waals surface area (Å²) < 4.78 is 5.14. The molecule has 1 spiro atoms. The van der Waals surface area contributed by atoms with E-state index in [0.717, 1.165) is 42.5 Å². The number of fused-ring (bicyclic) bond motifs is 1. The average Bonchev–Trinajstić information content (AvgIpc) is 2.70. The first kappa shape index (κ1) is 17.9. The third-order valence-corrected chi connectivity index (χ3v) is 6.52. The lowest BCUT2D eigenvalue weighted by Crippen LogP contribution is -2.55. The maximum Gasteiger partial charge on any atom is 0.272 e. The van der Waals surface area contributed by atoms with Gasteiger partial charge in [0.05, 0.1) is 18.2 Å². The van der Waals surface area contributed by atoms with E-state index in [4.69, 9.17) is 4.74 Å². The molecule has 3 aromatic rings. The highest BCUT2D eigenvalue weighted by Crippen LogP contribution is 2.62. The lowest BCUT2D eigenvalue weighted by Gasteiger charge is -2.57. The third-order valence-electron chi connectivity index (χ3n) is 6.52. The predicted octanol–water partition coefficient (Wildman–Crippen LogP) is 3.39. The molecule has 0 atom stereocenters. The van der Waals surface area contributed by atoms with E-state index in [9.17, 15) is 9.59 Å². The number of carbonyl (C=O) groups is 1. The number of methoxy groups -OCH3 is 1. The fraction of sp³-hybridized carbons (Fsp3) is 0.348. The Bertz CT molecular complexity index is 1120. The fourth-order valence-electron chi connectivity index (χ4n) is 5.06. The summed E-state index contributed by atoms with van der Waals surface area (Å²) in [6.07, 6.45) is 4.13. The number of benzene rings is 2. The monoisotopic (exact) mass is 389 g/mol. The number of aromatic nitrogens is 2. The van der Waals surface area contributed by atoms with Gasteiger partial charge in [-0.15, -0.1) is 0 Å². The number of amides is 1. The molecule has 2 aromatic carbocycles. The minimum atomic E-state index is -0.136. The highest BCUT2D eigenvalue weighted by atomic mass is 16.5. The number of H-pyrrole nitrogens is 1. The molecule has 2 N–H and O–H groups in total. The average molecular weight is 389 g/mol. The maximum absolute atomic E-state index is 12.4. The summed E-state index contributed by atoms with van der Waals surface area (Å²) in [4.78, 5) is 24.4. The second-order valence-corrected chi connectivity index (χ2v) is 8.40. The zero-order chi connectivity index (χ0) is 20.0.